The second kappa shape index (κ2) is 5.95. The Labute approximate surface area is 131 Å². The summed E-state index contributed by atoms with van der Waals surface area (Å²) < 4.78 is 1.85. The van der Waals surface area contributed by atoms with E-state index in [1.165, 1.54) is 11.8 Å². The molecule has 0 saturated carbocycles. The van der Waals surface area contributed by atoms with E-state index < -0.39 is 0 Å². The minimum atomic E-state index is -0.0189. The van der Waals surface area contributed by atoms with Gasteiger partial charge in [0.15, 0.2) is 11.0 Å². The van der Waals surface area contributed by atoms with Gasteiger partial charge in [-0.2, -0.15) is 5.26 Å². The van der Waals surface area contributed by atoms with Gasteiger partial charge in [-0.1, -0.05) is 23.9 Å². The summed E-state index contributed by atoms with van der Waals surface area (Å²) in [5.74, 6) is 0.612. The smallest absolute Gasteiger partial charge is 0.168 e. The van der Waals surface area contributed by atoms with Crippen LogP contribution in [0.4, 0.5) is 0 Å². The quantitative estimate of drug-likeness (QED) is 0.439. The molecular formula is C15H13N5OS. The van der Waals surface area contributed by atoms with E-state index in [0.29, 0.717) is 5.82 Å². The summed E-state index contributed by atoms with van der Waals surface area (Å²) in [6.45, 7) is 0. The normalized spacial score (nSPS) is 12.2. The van der Waals surface area contributed by atoms with Crippen molar-refractivity contribution >= 4 is 28.4 Å². The molecule has 3 rings (SSSR count). The number of para-hydroxylation sites is 2. The maximum atomic E-state index is 10.2. The van der Waals surface area contributed by atoms with Gasteiger partial charge in [-0.05, 0) is 12.1 Å². The number of thioether (sulfide) groups is 1. The van der Waals surface area contributed by atoms with E-state index >= 15 is 0 Å². The molecule has 6 nitrogen and oxygen atoms in total. The van der Waals surface area contributed by atoms with Crippen LogP contribution >= 0.6 is 11.8 Å². The van der Waals surface area contributed by atoms with Crippen molar-refractivity contribution in [3.63, 3.8) is 0 Å². The fourth-order valence-electron chi connectivity index (χ4n) is 2.02. The number of rotatable bonds is 4. The Morgan fingerprint density at radius 1 is 1.45 bits per heavy atom. The maximum absolute atomic E-state index is 10.2. The zero-order valence-electron chi connectivity index (χ0n) is 11.8. The predicted octanol–water partition coefficient (Wildman–Crippen LogP) is 2.88. The number of imidazole rings is 2. The van der Waals surface area contributed by atoms with Gasteiger partial charge in [0.05, 0.1) is 16.8 Å². The largest absolute Gasteiger partial charge is 0.510 e. The summed E-state index contributed by atoms with van der Waals surface area (Å²) in [5, 5.41) is 20.3. The van der Waals surface area contributed by atoms with Gasteiger partial charge in [0, 0.05) is 19.4 Å². The first-order chi connectivity index (χ1) is 10.7. The molecule has 0 amide bonds. The van der Waals surface area contributed by atoms with Gasteiger partial charge in [0.25, 0.3) is 0 Å². The third-order valence-electron chi connectivity index (χ3n) is 3.14. The van der Waals surface area contributed by atoms with Crippen LogP contribution in [0.5, 0.6) is 0 Å². The summed E-state index contributed by atoms with van der Waals surface area (Å²) in [4.78, 5) is 11.6. The number of fused-ring (bicyclic) bond motifs is 1. The summed E-state index contributed by atoms with van der Waals surface area (Å²) in [6, 6.07) is 9.51. The van der Waals surface area contributed by atoms with E-state index in [1.807, 2.05) is 48.1 Å². The molecule has 2 heterocycles. The number of aliphatic hydroxyl groups is 1. The van der Waals surface area contributed by atoms with E-state index in [1.54, 1.807) is 6.20 Å². The van der Waals surface area contributed by atoms with Crippen molar-refractivity contribution in [2.24, 2.45) is 7.05 Å². The zero-order chi connectivity index (χ0) is 15.5. The molecule has 2 N–H and O–H groups in total. The van der Waals surface area contributed by atoms with Gasteiger partial charge in [-0.3, -0.25) is 0 Å². The Bertz CT molecular complexity index is 854. The molecule has 2 aromatic heterocycles. The fraction of sp³-hybridized carbons (Fsp3) is 0.133. The number of allylic oxidation sites excluding steroid dienone is 1. The highest BCUT2D eigenvalue weighted by Gasteiger charge is 2.14. The number of nitrogens with zero attached hydrogens (tertiary/aromatic N) is 4. The van der Waals surface area contributed by atoms with Gasteiger partial charge in [-0.15, -0.1) is 0 Å². The molecule has 0 saturated heterocycles. The van der Waals surface area contributed by atoms with Crippen molar-refractivity contribution in [3.05, 3.63) is 48.2 Å². The molecule has 0 aliphatic heterocycles. The number of hydrogen-bond acceptors (Lipinski definition) is 5. The Morgan fingerprint density at radius 2 is 2.27 bits per heavy atom. The molecule has 22 heavy (non-hydrogen) atoms. The van der Waals surface area contributed by atoms with Crippen molar-refractivity contribution in [1.29, 1.82) is 5.26 Å². The average molecular weight is 311 g/mol. The molecule has 0 fully saturated rings. The molecule has 3 aromatic rings. The van der Waals surface area contributed by atoms with E-state index in [0.717, 1.165) is 16.2 Å². The molecule has 1 aromatic carbocycles. The summed E-state index contributed by atoms with van der Waals surface area (Å²) in [7, 11) is 1.88. The minimum Gasteiger partial charge on any atom is -0.510 e. The van der Waals surface area contributed by atoms with Crippen LogP contribution in [0.25, 0.3) is 16.6 Å². The molecule has 0 radical (unpaired) electrons. The van der Waals surface area contributed by atoms with Gasteiger partial charge in [-0.25, -0.2) is 9.97 Å². The first kappa shape index (κ1) is 14.2. The summed E-state index contributed by atoms with van der Waals surface area (Å²) in [6.07, 6.45) is 3.51. The first-order valence-corrected chi connectivity index (χ1v) is 7.55. The van der Waals surface area contributed by atoms with E-state index in [9.17, 15) is 10.4 Å². The van der Waals surface area contributed by atoms with Crippen molar-refractivity contribution in [1.82, 2.24) is 19.5 Å². The van der Waals surface area contributed by atoms with Crippen LogP contribution in [0.1, 0.15) is 5.82 Å². The average Bonchev–Trinajstić information content (AvgIpc) is 3.11. The molecule has 0 aliphatic carbocycles. The lowest BCUT2D eigenvalue weighted by atomic mass is 10.2. The van der Waals surface area contributed by atoms with E-state index in [4.69, 9.17) is 0 Å². The topological polar surface area (TPSA) is 90.5 Å². The molecule has 0 atom stereocenters. The van der Waals surface area contributed by atoms with Crippen LogP contribution < -0.4 is 0 Å². The molecule has 0 bridgehead atoms. The van der Waals surface area contributed by atoms with E-state index in [-0.39, 0.29) is 17.1 Å². The SMILES string of the molecule is Cn1ccnc1SCC(O)=C(C#N)c1nc2ccccc2[nH]1. The third-order valence-corrected chi connectivity index (χ3v) is 4.21. The lowest BCUT2D eigenvalue weighted by Gasteiger charge is -2.03. The lowest BCUT2D eigenvalue weighted by Crippen LogP contribution is -1.97. The number of aliphatic hydroxyl groups excluding tert-OH is 1. The first-order valence-electron chi connectivity index (χ1n) is 6.56. The Balaban J connectivity index is 1.88. The van der Waals surface area contributed by atoms with Crippen LogP contribution in [0.2, 0.25) is 0 Å². The minimum absolute atomic E-state index is 0.0189. The second-order valence-electron chi connectivity index (χ2n) is 4.65. The highest BCUT2D eigenvalue weighted by molar-refractivity contribution is 7.99. The van der Waals surface area contributed by atoms with Crippen molar-refractivity contribution in [3.8, 4) is 6.07 Å². The van der Waals surface area contributed by atoms with Gasteiger partial charge in [0.2, 0.25) is 0 Å². The van der Waals surface area contributed by atoms with Gasteiger partial charge in [0.1, 0.15) is 17.4 Å². The van der Waals surface area contributed by atoms with Crippen LogP contribution in [0.15, 0.2) is 47.6 Å². The molecule has 7 heteroatoms. The highest BCUT2D eigenvalue weighted by atomic mass is 32.2. The van der Waals surface area contributed by atoms with Crippen molar-refractivity contribution in [2.75, 3.05) is 5.75 Å². The van der Waals surface area contributed by atoms with Crippen molar-refractivity contribution in [2.45, 2.75) is 5.16 Å². The number of aromatic nitrogens is 4. The van der Waals surface area contributed by atoms with Gasteiger partial charge >= 0.3 is 0 Å². The predicted molar refractivity (Wildman–Crippen MR) is 85.2 cm³/mol. The highest BCUT2D eigenvalue weighted by Crippen LogP contribution is 2.23. The summed E-state index contributed by atoms with van der Waals surface area (Å²) >= 11 is 1.36. The molecule has 0 spiro atoms. The molecule has 0 unspecified atom stereocenters. The lowest BCUT2D eigenvalue weighted by molar-refractivity contribution is 0.420. The van der Waals surface area contributed by atoms with Crippen LogP contribution in [0.3, 0.4) is 0 Å². The third kappa shape index (κ3) is 2.69. The number of nitriles is 1. The zero-order valence-corrected chi connectivity index (χ0v) is 12.6. The van der Waals surface area contributed by atoms with Crippen LogP contribution in [0, 0.1) is 11.3 Å². The number of nitrogens with one attached hydrogen (secondary N) is 1. The second-order valence-corrected chi connectivity index (χ2v) is 5.59. The fourth-order valence-corrected chi connectivity index (χ4v) is 2.83. The Kier molecular flexibility index (Phi) is 3.85. The number of hydrogen-bond donors (Lipinski definition) is 2. The monoisotopic (exact) mass is 311 g/mol. The number of aryl methyl sites for hydroxylation is 1. The maximum Gasteiger partial charge on any atom is 0.168 e. The van der Waals surface area contributed by atoms with Crippen molar-refractivity contribution < 1.29 is 5.11 Å². The number of H-pyrrole nitrogens is 1. The standard InChI is InChI=1S/C15H13N5OS/c1-20-7-6-17-15(20)22-9-13(21)10(8-16)14-18-11-4-2-3-5-12(11)19-14/h2-7,21H,9H2,1H3,(H,18,19). The Hall–Kier alpha value is -2.72. The van der Waals surface area contributed by atoms with Crippen LogP contribution in [-0.2, 0) is 7.05 Å². The van der Waals surface area contributed by atoms with Gasteiger partial charge < -0.3 is 14.7 Å². The molecule has 110 valence electrons. The number of benzene rings is 1. The van der Waals surface area contributed by atoms with E-state index in [2.05, 4.69) is 15.0 Å². The number of aromatic amines is 1. The molecular weight excluding hydrogens is 298 g/mol. The van der Waals surface area contributed by atoms with Crippen LogP contribution in [-0.4, -0.2) is 30.4 Å². The Morgan fingerprint density at radius 3 is 2.95 bits per heavy atom. The molecule has 0 aliphatic rings. The summed E-state index contributed by atoms with van der Waals surface area (Å²) in [5.41, 5.74) is 1.74.